The zero-order valence-electron chi connectivity index (χ0n) is 10.7. The highest BCUT2D eigenvalue weighted by atomic mass is 32.2. The number of aromatic amines is 1. The minimum atomic E-state index is -3.47. The van der Waals surface area contributed by atoms with Gasteiger partial charge in [0.15, 0.2) is 5.03 Å². The number of sulfonamides is 1. The number of imidazole rings is 1. The lowest BCUT2D eigenvalue weighted by molar-refractivity contribution is 0.382. The number of anilines is 1. The standard InChI is InChI=1S/C11H14N6O2S/c18-20(19,11-8-13-9-15-11)17-5-3-16(4-6-17)10-7-12-1-2-14-10/h1-2,7-9H,3-6H2,(H,13,15). The second-order valence-corrected chi connectivity index (χ2v) is 6.28. The minimum Gasteiger partial charge on any atom is -0.353 e. The zero-order valence-corrected chi connectivity index (χ0v) is 11.5. The van der Waals surface area contributed by atoms with Gasteiger partial charge in [-0.15, -0.1) is 0 Å². The lowest BCUT2D eigenvalue weighted by Crippen LogP contribution is -2.49. The molecule has 1 saturated heterocycles. The van der Waals surface area contributed by atoms with Gasteiger partial charge < -0.3 is 9.88 Å². The number of hydrogen-bond donors (Lipinski definition) is 1. The van der Waals surface area contributed by atoms with Gasteiger partial charge in [0.1, 0.15) is 5.82 Å². The highest BCUT2D eigenvalue weighted by Gasteiger charge is 2.29. The van der Waals surface area contributed by atoms with Crippen molar-refractivity contribution >= 4 is 15.8 Å². The van der Waals surface area contributed by atoms with Crippen LogP contribution in [0.5, 0.6) is 0 Å². The molecule has 106 valence electrons. The Kier molecular flexibility index (Phi) is 3.36. The molecular formula is C11H14N6O2S. The SMILES string of the molecule is O=S(=O)(c1cnc[nH]1)N1CCN(c2cnccn2)CC1. The Labute approximate surface area is 116 Å². The van der Waals surface area contributed by atoms with Crippen molar-refractivity contribution in [3.63, 3.8) is 0 Å². The second-order valence-electron chi connectivity index (χ2n) is 4.37. The Morgan fingerprint density at radius 2 is 1.85 bits per heavy atom. The largest absolute Gasteiger partial charge is 0.353 e. The Balaban J connectivity index is 1.70. The molecule has 3 rings (SSSR count). The Hall–Kier alpha value is -2.00. The summed E-state index contributed by atoms with van der Waals surface area (Å²) in [4.78, 5) is 16.7. The van der Waals surface area contributed by atoms with E-state index in [-0.39, 0.29) is 5.03 Å². The van der Waals surface area contributed by atoms with Crippen LogP contribution < -0.4 is 4.90 Å². The zero-order chi connectivity index (χ0) is 14.0. The van der Waals surface area contributed by atoms with Gasteiger partial charge in [-0.1, -0.05) is 0 Å². The molecular weight excluding hydrogens is 280 g/mol. The molecule has 2 aromatic heterocycles. The van der Waals surface area contributed by atoms with Gasteiger partial charge in [-0.3, -0.25) is 4.98 Å². The van der Waals surface area contributed by atoms with Gasteiger partial charge in [-0.05, 0) is 0 Å². The van der Waals surface area contributed by atoms with Crippen LogP contribution in [0.25, 0.3) is 0 Å². The van der Waals surface area contributed by atoms with Gasteiger partial charge in [-0.2, -0.15) is 4.31 Å². The molecule has 0 saturated carbocycles. The van der Waals surface area contributed by atoms with Gasteiger partial charge in [0.05, 0.1) is 18.7 Å². The predicted molar refractivity (Wildman–Crippen MR) is 71.6 cm³/mol. The number of piperazine rings is 1. The van der Waals surface area contributed by atoms with Crippen LogP contribution in [0.1, 0.15) is 0 Å². The molecule has 20 heavy (non-hydrogen) atoms. The van der Waals surface area contributed by atoms with Crippen LogP contribution in [-0.2, 0) is 10.0 Å². The first kappa shape index (κ1) is 13.0. The molecule has 1 N–H and O–H groups in total. The van der Waals surface area contributed by atoms with Gasteiger partial charge >= 0.3 is 0 Å². The summed E-state index contributed by atoms with van der Waals surface area (Å²) in [6.45, 7) is 2.01. The molecule has 9 heteroatoms. The van der Waals surface area contributed by atoms with Crippen LogP contribution in [-0.4, -0.2) is 58.8 Å². The maximum absolute atomic E-state index is 12.3. The Morgan fingerprint density at radius 1 is 1.05 bits per heavy atom. The first-order valence-corrected chi connectivity index (χ1v) is 7.61. The molecule has 0 spiro atoms. The van der Waals surface area contributed by atoms with Gasteiger partial charge in [0.2, 0.25) is 0 Å². The van der Waals surface area contributed by atoms with Crippen LogP contribution >= 0.6 is 0 Å². The predicted octanol–water partition coefficient (Wildman–Crippen LogP) is -0.289. The van der Waals surface area contributed by atoms with E-state index in [0.717, 1.165) is 5.82 Å². The molecule has 0 bridgehead atoms. The summed E-state index contributed by atoms with van der Waals surface area (Å²) in [6, 6.07) is 0. The highest BCUT2D eigenvalue weighted by Crippen LogP contribution is 2.17. The molecule has 2 aromatic rings. The summed E-state index contributed by atoms with van der Waals surface area (Å²) in [5.41, 5.74) is 0. The van der Waals surface area contributed by atoms with Crippen molar-refractivity contribution in [1.29, 1.82) is 0 Å². The van der Waals surface area contributed by atoms with Crippen LogP contribution in [0, 0.1) is 0 Å². The van der Waals surface area contributed by atoms with Crippen molar-refractivity contribution in [1.82, 2.24) is 24.2 Å². The third-order valence-corrected chi connectivity index (χ3v) is 5.03. The van der Waals surface area contributed by atoms with Crippen molar-refractivity contribution in [3.05, 3.63) is 31.1 Å². The molecule has 1 fully saturated rings. The third kappa shape index (κ3) is 2.37. The molecule has 3 heterocycles. The first-order valence-electron chi connectivity index (χ1n) is 6.17. The summed E-state index contributed by atoms with van der Waals surface area (Å²) in [6.07, 6.45) is 7.61. The van der Waals surface area contributed by atoms with E-state index >= 15 is 0 Å². The van der Waals surface area contributed by atoms with E-state index in [1.807, 2.05) is 4.90 Å². The van der Waals surface area contributed by atoms with Gasteiger partial charge in [-0.25, -0.2) is 18.4 Å². The summed E-state index contributed by atoms with van der Waals surface area (Å²) in [5.74, 6) is 0.770. The fourth-order valence-corrected chi connectivity index (χ4v) is 3.45. The number of rotatable bonds is 3. The molecule has 0 aromatic carbocycles. The molecule has 0 unspecified atom stereocenters. The molecule has 0 radical (unpaired) electrons. The van der Waals surface area contributed by atoms with Crippen LogP contribution in [0.3, 0.4) is 0 Å². The number of H-pyrrole nitrogens is 1. The summed E-state index contributed by atoms with van der Waals surface area (Å²) in [7, 11) is -3.47. The van der Waals surface area contributed by atoms with Crippen molar-refractivity contribution in [2.24, 2.45) is 0 Å². The molecule has 0 aliphatic carbocycles. The monoisotopic (exact) mass is 294 g/mol. The van der Waals surface area contributed by atoms with Crippen molar-refractivity contribution in [2.75, 3.05) is 31.1 Å². The van der Waals surface area contributed by atoms with E-state index in [1.54, 1.807) is 18.6 Å². The molecule has 0 atom stereocenters. The number of hydrogen-bond acceptors (Lipinski definition) is 6. The van der Waals surface area contributed by atoms with E-state index in [2.05, 4.69) is 19.9 Å². The average molecular weight is 294 g/mol. The highest BCUT2D eigenvalue weighted by molar-refractivity contribution is 7.89. The van der Waals surface area contributed by atoms with Crippen LogP contribution in [0.2, 0.25) is 0 Å². The minimum absolute atomic E-state index is 0.130. The molecule has 8 nitrogen and oxygen atoms in total. The third-order valence-electron chi connectivity index (χ3n) is 3.20. The molecule has 0 amide bonds. The summed E-state index contributed by atoms with van der Waals surface area (Å²) >= 11 is 0. The lowest BCUT2D eigenvalue weighted by atomic mass is 10.3. The Morgan fingerprint density at radius 3 is 2.45 bits per heavy atom. The summed E-state index contributed by atoms with van der Waals surface area (Å²) < 4.78 is 26.1. The van der Waals surface area contributed by atoms with E-state index in [9.17, 15) is 8.42 Å². The Bertz CT molecular complexity index is 649. The fourth-order valence-electron chi connectivity index (χ4n) is 2.14. The van der Waals surface area contributed by atoms with E-state index < -0.39 is 10.0 Å². The lowest BCUT2D eigenvalue weighted by Gasteiger charge is -2.34. The first-order chi connectivity index (χ1) is 9.68. The van der Waals surface area contributed by atoms with Crippen molar-refractivity contribution < 1.29 is 8.42 Å². The van der Waals surface area contributed by atoms with Crippen molar-refractivity contribution in [2.45, 2.75) is 5.03 Å². The van der Waals surface area contributed by atoms with Crippen LogP contribution in [0.15, 0.2) is 36.1 Å². The average Bonchev–Trinajstić information content (AvgIpc) is 3.03. The van der Waals surface area contributed by atoms with Crippen molar-refractivity contribution in [3.8, 4) is 0 Å². The fraction of sp³-hybridized carbons (Fsp3) is 0.364. The number of aromatic nitrogens is 4. The quantitative estimate of drug-likeness (QED) is 0.836. The normalized spacial score (nSPS) is 17.3. The molecule has 1 aliphatic heterocycles. The number of nitrogens with zero attached hydrogens (tertiary/aromatic N) is 5. The van der Waals surface area contributed by atoms with Gasteiger partial charge in [0.25, 0.3) is 10.0 Å². The number of nitrogens with one attached hydrogen (secondary N) is 1. The van der Waals surface area contributed by atoms with E-state index in [4.69, 9.17) is 0 Å². The van der Waals surface area contributed by atoms with Gasteiger partial charge in [0, 0.05) is 38.6 Å². The molecule has 1 aliphatic rings. The van der Waals surface area contributed by atoms with E-state index in [0.29, 0.717) is 26.2 Å². The smallest absolute Gasteiger partial charge is 0.260 e. The maximum Gasteiger partial charge on any atom is 0.260 e. The maximum atomic E-state index is 12.3. The van der Waals surface area contributed by atoms with Crippen LogP contribution in [0.4, 0.5) is 5.82 Å². The topological polar surface area (TPSA) is 95.1 Å². The second kappa shape index (κ2) is 5.17. The van der Waals surface area contributed by atoms with E-state index in [1.165, 1.54) is 16.8 Å². The summed E-state index contributed by atoms with van der Waals surface area (Å²) in [5, 5.41) is 0.130.